The molecule has 2 unspecified atom stereocenters. The molecular weight excluding hydrogens is 250 g/mol. The topological polar surface area (TPSA) is 101 Å². The molecule has 100 valence electrons. The van der Waals surface area contributed by atoms with Gasteiger partial charge in [-0.25, -0.2) is 0 Å². The Labute approximate surface area is 111 Å². The van der Waals surface area contributed by atoms with Gasteiger partial charge in [0.2, 0.25) is 0 Å². The zero-order valence-corrected chi connectivity index (χ0v) is 11.3. The first-order valence-corrected chi connectivity index (χ1v) is 6.88. The van der Waals surface area contributed by atoms with Crippen molar-refractivity contribution in [3.05, 3.63) is 23.8 Å². The molecule has 0 aliphatic rings. The van der Waals surface area contributed by atoms with Crippen molar-refractivity contribution >= 4 is 29.0 Å². The van der Waals surface area contributed by atoms with Crippen molar-refractivity contribution in [1.82, 2.24) is 0 Å². The Morgan fingerprint density at radius 1 is 1.56 bits per heavy atom. The number of nitrogens with two attached hydrogens (primary N) is 2. The van der Waals surface area contributed by atoms with Gasteiger partial charge in [0.15, 0.2) is 0 Å². The van der Waals surface area contributed by atoms with Crippen molar-refractivity contribution in [1.29, 1.82) is 0 Å². The van der Waals surface area contributed by atoms with Crippen LogP contribution in [0.25, 0.3) is 0 Å². The average molecular weight is 269 g/mol. The van der Waals surface area contributed by atoms with Crippen LogP contribution in [0.15, 0.2) is 18.2 Å². The van der Waals surface area contributed by atoms with E-state index in [4.69, 9.17) is 11.5 Å². The third-order valence-electron chi connectivity index (χ3n) is 2.73. The molecule has 1 aromatic carbocycles. The molecule has 0 saturated heterocycles. The molecule has 0 saturated carbocycles. The fraction of sp³-hybridized carbons (Fsp3) is 0.417. The number of carbonyl (C=O) groups excluding carboxylic acids is 1. The minimum atomic E-state index is -0.505. The number of carbonyl (C=O) groups is 1. The second-order valence-corrected chi connectivity index (χ2v) is 5.14. The summed E-state index contributed by atoms with van der Waals surface area (Å²) in [5.41, 5.74) is 12.6. The summed E-state index contributed by atoms with van der Waals surface area (Å²) in [5.74, 6) is -0.505. The van der Waals surface area contributed by atoms with E-state index >= 15 is 0 Å². The smallest absolute Gasteiger partial charge is 0.250 e. The summed E-state index contributed by atoms with van der Waals surface area (Å²) >= 11 is 1.56. The van der Waals surface area contributed by atoms with E-state index in [9.17, 15) is 9.90 Å². The second-order valence-electron chi connectivity index (χ2n) is 4.06. The van der Waals surface area contributed by atoms with Crippen molar-refractivity contribution in [2.24, 2.45) is 5.73 Å². The maximum absolute atomic E-state index is 11.3. The molecule has 0 aliphatic heterocycles. The number of primary amides is 1. The summed E-state index contributed by atoms with van der Waals surface area (Å²) in [7, 11) is 0. The molecule has 0 aromatic heterocycles. The van der Waals surface area contributed by atoms with Crippen LogP contribution in [0, 0.1) is 0 Å². The Kier molecular flexibility index (Phi) is 5.30. The highest BCUT2D eigenvalue weighted by molar-refractivity contribution is 7.99. The van der Waals surface area contributed by atoms with Gasteiger partial charge in [-0.1, -0.05) is 0 Å². The highest BCUT2D eigenvalue weighted by Crippen LogP contribution is 2.22. The van der Waals surface area contributed by atoms with Gasteiger partial charge in [0.25, 0.3) is 5.91 Å². The lowest BCUT2D eigenvalue weighted by molar-refractivity contribution is 0.100. The lowest BCUT2D eigenvalue weighted by Gasteiger charge is -2.23. The molecule has 0 heterocycles. The molecule has 0 bridgehead atoms. The summed E-state index contributed by atoms with van der Waals surface area (Å²) in [6.45, 7) is 1.99. The first kappa shape index (κ1) is 14.7. The van der Waals surface area contributed by atoms with E-state index in [-0.39, 0.29) is 17.9 Å². The maximum Gasteiger partial charge on any atom is 0.250 e. The van der Waals surface area contributed by atoms with Crippen LogP contribution < -0.4 is 16.8 Å². The van der Waals surface area contributed by atoms with Crippen molar-refractivity contribution in [2.45, 2.75) is 18.2 Å². The number of amides is 1. The molecule has 1 aromatic rings. The maximum atomic E-state index is 11.3. The predicted octanol–water partition coefficient (Wildman–Crippen LogP) is 0.892. The summed E-state index contributed by atoms with van der Waals surface area (Å²) < 4.78 is 0. The molecule has 1 rings (SSSR count). The fourth-order valence-corrected chi connectivity index (χ4v) is 2.30. The van der Waals surface area contributed by atoms with Gasteiger partial charge >= 0.3 is 0 Å². The van der Waals surface area contributed by atoms with Crippen LogP contribution in [0.4, 0.5) is 11.4 Å². The molecule has 0 aliphatic carbocycles. The number of rotatable bonds is 6. The van der Waals surface area contributed by atoms with E-state index in [2.05, 4.69) is 5.32 Å². The van der Waals surface area contributed by atoms with Gasteiger partial charge in [0.05, 0.1) is 12.2 Å². The first-order valence-electron chi connectivity index (χ1n) is 5.59. The fourth-order valence-electron chi connectivity index (χ4n) is 1.67. The Morgan fingerprint density at radius 3 is 2.72 bits per heavy atom. The van der Waals surface area contributed by atoms with Crippen molar-refractivity contribution in [2.75, 3.05) is 23.9 Å². The van der Waals surface area contributed by atoms with E-state index in [0.717, 1.165) is 0 Å². The normalized spacial score (nSPS) is 13.9. The molecule has 5 nitrogen and oxygen atoms in total. The largest absolute Gasteiger partial charge is 0.399 e. The van der Waals surface area contributed by atoms with Crippen LogP contribution in [0.3, 0.4) is 0 Å². The molecule has 2 atom stereocenters. The Balaban J connectivity index is 2.95. The van der Waals surface area contributed by atoms with Crippen molar-refractivity contribution in [3.63, 3.8) is 0 Å². The van der Waals surface area contributed by atoms with Crippen LogP contribution in [0.2, 0.25) is 0 Å². The number of thioether (sulfide) groups is 1. The number of nitrogens with one attached hydrogen (secondary N) is 1. The SMILES string of the molecule is CSC(CO)C(C)Nc1cc(N)ccc1C(N)=O. The van der Waals surface area contributed by atoms with Gasteiger partial charge in [-0.3, -0.25) is 4.79 Å². The Hall–Kier alpha value is -1.40. The van der Waals surface area contributed by atoms with Crippen LogP contribution in [0.5, 0.6) is 0 Å². The number of aliphatic hydroxyl groups is 1. The summed E-state index contributed by atoms with van der Waals surface area (Å²) in [5, 5.41) is 12.4. The van der Waals surface area contributed by atoms with Crippen LogP contribution >= 0.6 is 11.8 Å². The number of hydrogen-bond acceptors (Lipinski definition) is 5. The molecule has 6 heteroatoms. The zero-order chi connectivity index (χ0) is 13.7. The number of benzene rings is 1. The molecule has 6 N–H and O–H groups in total. The summed E-state index contributed by atoms with van der Waals surface area (Å²) in [6.07, 6.45) is 1.92. The molecule has 1 amide bonds. The van der Waals surface area contributed by atoms with Crippen molar-refractivity contribution < 1.29 is 9.90 Å². The molecular formula is C12H19N3O2S. The lowest BCUT2D eigenvalue weighted by Crippen LogP contribution is -2.32. The highest BCUT2D eigenvalue weighted by Gasteiger charge is 2.17. The van der Waals surface area contributed by atoms with Gasteiger partial charge < -0.3 is 21.9 Å². The van der Waals surface area contributed by atoms with Gasteiger partial charge in [0.1, 0.15) is 0 Å². The standard InChI is InChI=1S/C12H19N3O2S/c1-7(11(6-16)18-2)15-10-5-8(13)3-4-9(10)12(14)17/h3-5,7,11,15-16H,6,13H2,1-2H3,(H2,14,17). The van der Waals surface area contributed by atoms with E-state index in [1.807, 2.05) is 13.2 Å². The Morgan fingerprint density at radius 2 is 2.22 bits per heavy atom. The van der Waals surface area contributed by atoms with Gasteiger partial charge in [-0.2, -0.15) is 11.8 Å². The quantitative estimate of drug-likeness (QED) is 0.575. The number of hydrogen-bond donors (Lipinski definition) is 4. The van der Waals surface area contributed by atoms with Gasteiger partial charge in [-0.15, -0.1) is 0 Å². The third-order valence-corrected chi connectivity index (χ3v) is 3.90. The zero-order valence-electron chi connectivity index (χ0n) is 10.5. The van der Waals surface area contributed by atoms with Gasteiger partial charge in [-0.05, 0) is 31.4 Å². The highest BCUT2D eigenvalue weighted by atomic mass is 32.2. The number of anilines is 2. The predicted molar refractivity (Wildman–Crippen MR) is 76.8 cm³/mol. The van der Waals surface area contributed by atoms with E-state index in [1.165, 1.54) is 0 Å². The van der Waals surface area contributed by atoms with Gasteiger partial charge in [0, 0.05) is 22.7 Å². The minimum absolute atomic E-state index is 0.00935. The number of aliphatic hydroxyl groups excluding tert-OH is 1. The third kappa shape index (κ3) is 3.54. The van der Waals surface area contributed by atoms with Crippen LogP contribution in [-0.2, 0) is 0 Å². The first-order chi connectivity index (χ1) is 8.49. The molecule has 0 fully saturated rings. The minimum Gasteiger partial charge on any atom is -0.399 e. The number of nitrogen functional groups attached to an aromatic ring is 1. The van der Waals surface area contributed by atoms with Crippen LogP contribution in [-0.4, -0.2) is 35.2 Å². The Bertz CT molecular complexity index is 422. The second kappa shape index (κ2) is 6.51. The van der Waals surface area contributed by atoms with Crippen LogP contribution in [0.1, 0.15) is 17.3 Å². The van der Waals surface area contributed by atoms with Crippen molar-refractivity contribution in [3.8, 4) is 0 Å². The monoisotopic (exact) mass is 269 g/mol. The average Bonchev–Trinajstić information content (AvgIpc) is 2.30. The van der Waals surface area contributed by atoms with E-state index in [0.29, 0.717) is 16.9 Å². The van der Waals surface area contributed by atoms with E-state index in [1.54, 1.807) is 30.0 Å². The molecule has 18 heavy (non-hydrogen) atoms. The van der Waals surface area contributed by atoms with E-state index < -0.39 is 5.91 Å². The molecule has 0 spiro atoms. The lowest BCUT2D eigenvalue weighted by atomic mass is 10.1. The molecule has 0 radical (unpaired) electrons. The summed E-state index contributed by atoms with van der Waals surface area (Å²) in [4.78, 5) is 11.3. The summed E-state index contributed by atoms with van der Waals surface area (Å²) in [6, 6.07) is 4.89.